The van der Waals surface area contributed by atoms with Crippen molar-refractivity contribution in [2.75, 3.05) is 27.1 Å². The fraction of sp³-hybridized carbons (Fsp3) is 0.660. The first kappa shape index (κ1) is 51.6. The summed E-state index contributed by atoms with van der Waals surface area (Å²) in [6.45, 7) is 35.7. The van der Waals surface area contributed by atoms with E-state index in [0.717, 1.165) is 12.1 Å². The minimum atomic E-state index is -2.04. The highest BCUT2D eigenvalue weighted by Crippen LogP contribution is 2.42. The lowest BCUT2D eigenvalue weighted by molar-refractivity contribution is -0.153. The number of hydrogen-bond acceptors (Lipinski definition) is 10. The molecule has 3 unspecified atom stereocenters. The van der Waals surface area contributed by atoms with Crippen molar-refractivity contribution in [1.82, 2.24) is 0 Å². The molecule has 3 rings (SSSR count). The summed E-state index contributed by atoms with van der Waals surface area (Å²) in [7, 11) is -3.38. The average Bonchev–Trinajstić information content (AvgIpc) is 3.43. The lowest BCUT2D eigenvalue weighted by atomic mass is 9.88. The van der Waals surface area contributed by atoms with E-state index in [2.05, 4.69) is 100.0 Å². The zero-order valence-electron chi connectivity index (χ0n) is 40.0. The van der Waals surface area contributed by atoms with Crippen molar-refractivity contribution in [3.63, 3.8) is 0 Å². The van der Waals surface area contributed by atoms with E-state index in [1.807, 2.05) is 44.2 Å². The third kappa shape index (κ3) is 16.2. The van der Waals surface area contributed by atoms with E-state index >= 15 is 0 Å². The second-order valence-electron chi connectivity index (χ2n) is 20.9. The summed E-state index contributed by atoms with van der Waals surface area (Å²) in [5.74, 6) is -1.26. The second-order valence-corrected chi connectivity index (χ2v) is 36.9. The Morgan fingerprint density at radius 2 is 1.45 bits per heavy atom. The molecule has 1 aliphatic heterocycles. The van der Waals surface area contributed by atoms with E-state index in [4.69, 9.17) is 37.6 Å². The predicted octanol–water partition coefficient (Wildman–Crippen LogP) is 11.7. The van der Waals surface area contributed by atoms with Crippen LogP contribution in [-0.4, -0.2) is 93.7 Å². The number of hydrogen-bond donors (Lipinski definition) is 0. The Morgan fingerprint density at radius 1 is 0.833 bits per heavy atom. The Hall–Kier alpha value is -2.79. The highest BCUT2D eigenvalue weighted by molar-refractivity contribution is 6.76. The summed E-state index contributed by atoms with van der Waals surface area (Å²) < 4.78 is 50.1. The smallest absolute Gasteiger partial charge is 0.342 e. The van der Waals surface area contributed by atoms with Crippen LogP contribution in [-0.2, 0) is 28.1 Å². The molecule has 0 aromatic heterocycles. The maximum absolute atomic E-state index is 14.1. The van der Waals surface area contributed by atoms with Crippen LogP contribution >= 0.6 is 0 Å². The van der Waals surface area contributed by atoms with Gasteiger partial charge in [0.05, 0.1) is 24.9 Å². The van der Waals surface area contributed by atoms with E-state index in [1.165, 1.54) is 0 Å². The molecule has 13 heteroatoms. The standard InChI is InChI=1S/C47H78O10Si3/c1-33(35(3)57-60(16,17)46(4,5)6)23-24-39(54-44(48)36-21-19-18-20-22-36)43-41(55-47(7,8)56-43)29-34(2)38-30-37(51-25-27-58(10,11)12)31-40(53-32-50-9)42(38)45(49)52-26-28-59(13,14)15/h18-24,30-31,33-35,39,41,43H,25-29,32H2,1-17H3/b24-23-/t33-,34?,35-,39?,41+,43?/m1/s1. The van der Waals surface area contributed by atoms with Gasteiger partial charge in [0.1, 0.15) is 29.3 Å². The number of carbonyl (C=O) groups excluding carboxylic acids is 2. The summed E-state index contributed by atoms with van der Waals surface area (Å²) in [4.78, 5) is 27.8. The molecule has 1 saturated heterocycles. The van der Waals surface area contributed by atoms with Crippen LogP contribution in [0.15, 0.2) is 54.6 Å². The maximum Gasteiger partial charge on any atom is 0.342 e. The van der Waals surface area contributed by atoms with Crippen molar-refractivity contribution in [2.24, 2.45) is 5.92 Å². The lowest BCUT2D eigenvalue weighted by Gasteiger charge is -2.39. The van der Waals surface area contributed by atoms with E-state index in [-0.39, 0.29) is 29.8 Å². The fourth-order valence-corrected chi connectivity index (χ4v) is 9.43. The first-order valence-corrected chi connectivity index (χ1v) is 32.0. The Balaban J connectivity index is 2.08. The molecule has 0 spiro atoms. The van der Waals surface area contributed by atoms with Gasteiger partial charge in [-0.1, -0.05) is 98.2 Å². The van der Waals surface area contributed by atoms with Crippen molar-refractivity contribution in [3.8, 4) is 11.5 Å². The molecule has 1 heterocycles. The van der Waals surface area contributed by atoms with Crippen LogP contribution in [0, 0.1) is 5.92 Å². The van der Waals surface area contributed by atoms with Crippen LogP contribution in [0.2, 0.25) is 69.5 Å². The number of benzene rings is 2. The lowest BCUT2D eigenvalue weighted by Crippen LogP contribution is -2.44. The molecular weight excluding hydrogens is 809 g/mol. The van der Waals surface area contributed by atoms with Gasteiger partial charge in [0.2, 0.25) is 0 Å². The Kier molecular flexibility index (Phi) is 18.5. The quantitative estimate of drug-likeness (QED) is 0.0491. The van der Waals surface area contributed by atoms with E-state index < -0.39 is 60.5 Å². The predicted molar refractivity (Wildman–Crippen MR) is 250 cm³/mol. The summed E-state index contributed by atoms with van der Waals surface area (Å²) >= 11 is 0. The summed E-state index contributed by atoms with van der Waals surface area (Å²) in [5.41, 5.74) is 1.47. The van der Waals surface area contributed by atoms with Crippen molar-refractivity contribution >= 4 is 36.4 Å². The third-order valence-corrected chi connectivity index (χ3v) is 19.4. The van der Waals surface area contributed by atoms with Gasteiger partial charge in [0, 0.05) is 35.4 Å². The molecule has 10 nitrogen and oxygen atoms in total. The zero-order chi connectivity index (χ0) is 45.3. The average molecular weight is 887 g/mol. The first-order chi connectivity index (χ1) is 27.6. The monoisotopic (exact) mass is 886 g/mol. The molecule has 0 amide bonds. The fourth-order valence-electron chi connectivity index (χ4n) is 6.51. The Morgan fingerprint density at radius 3 is 2.03 bits per heavy atom. The van der Waals surface area contributed by atoms with Crippen LogP contribution in [0.3, 0.4) is 0 Å². The normalized spacial score (nSPS) is 19.4. The SMILES string of the molecule is COCOc1cc(OCC[Si](C)(C)C)cc(C(C)C[C@@H]2OC(C)(C)OC2C(/C=C\[C@@H](C)[C@@H](C)O[Si](C)(C)C(C)(C)C)OC(=O)c2ccccc2)c1C(=O)OCC[Si](C)(C)C. The highest BCUT2D eigenvalue weighted by Gasteiger charge is 2.47. The topological polar surface area (TPSA) is 108 Å². The van der Waals surface area contributed by atoms with Gasteiger partial charge < -0.3 is 37.6 Å². The molecule has 2 aromatic rings. The van der Waals surface area contributed by atoms with Crippen molar-refractivity contribution in [2.45, 2.75) is 167 Å². The van der Waals surface area contributed by atoms with Crippen molar-refractivity contribution in [3.05, 3.63) is 71.3 Å². The van der Waals surface area contributed by atoms with Crippen LogP contribution in [0.25, 0.3) is 0 Å². The van der Waals surface area contributed by atoms with E-state index in [1.54, 1.807) is 25.3 Å². The third-order valence-electron chi connectivity index (χ3n) is 11.4. The molecule has 0 saturated carbocycles. The number of carbonyl (C=O) groups is 2. The number of rotatable bonds is 22. The van der Waals surface area contributed by atoms with Gasteiger partial charge in [-0.2, -0.15) is 0 Å². The van der Waals surface area contributed by atoms with Gasteiger partial charge in [0.15, 0.2) is 20.9 Å². The Bertz CT molecular complexity index is 1710. The van der Waals surface area contributed by atoms with Gasteiger partial charge in [-0.15, -0.1) is 0 Å². The molecular formula is C47H78O10Si3. The molecule has 338 valence electrons. The summed E-state index contributed by atoms with van der Waals surface area (Å²) in [6, 6.07) is 14.4. The molecule has 1 aliphatic rings. The number of esters is 2. The molecule has 6 atom stereocenters. The van der Waals surface area contributed by atoms with Crippen LogP contribution in [0.4, 0.5) is 0 Å². The molecule has 60 heavy (non-hydrogen) atoms. The van der Waals surface area contributed by atoms with Gasteiger partial charge in [-0.05, 0) is 99.1 Å². The number of methoxy groups -OCH3 is 1. The Labute approximate surface area is 365 Å². The molecule has 0 aliphatic carbocycles. The highest BCUT2D eigenvalue weighted by atomic mass is 28.4. The molecule has 0 radical (unpaired) electrons. The number of ether oxygens (including phenoxy) is 7. The van der Waals surface area contributed by atoms with Gasteiger partial charge in [-0.3, -0.25) is 0 Å². The summed E-state index contributed by atoms with van der Waals surface area (Å²) in [6.07, 6.45) is 2.31. The first-order valence-electron chi connectivity index (χ1n) is 21.7. The van der Waals surface area contributed by atoms with E-state index in [0.29, 0.717) is 47.8 Å². The van der Waals surface area contributed by atoms with Gasteiger partial charge in [-0.25, -0.2) is 9.59 Å². The van der Waals surface area contributed by atoms with E-state index in [9.17, 15) is 9.59 Å². The molecule has 2 aromatic carbocycles. The molecule has 1 fully saturated rings. The molecule has 0 bridgehead atoms. The largest absolute Gasteiger partial charge is 0.494 e. The second kappa shape index (κ2) is 21.5. The van der Waals surface area contributed by atoms with Crippen LogP contribution < -0.4 is 9.47 Å². The van der Waals surface area contributed by atoms with Crippen LogP contribution in [0.1, 0.15) is 94.0 Å². The maximum atomic E-state index is 14.1. The van der Waals surface area contributed by atoms with Gasteiger partial charge >= 0.3 is 11.9 Å². The van der Waals surface area contributed by atoms with Crippen LogP contribution in [0.5, 0.6) is 11.5 Å². The minimum absolute atomic E-state index is 0.00786. The molecule has 0 N–H and O–H groups in total. The van der Waals surface area contributed by atoms with Crippen molar-refractivity contribution < 1.29 is 47.2 Å². The zero-order valence-corrected chi connectivity index (χ0v) is 43.0. The van der Waals surface area contributed by atoms with Crippen molar-refractivity contribution in [1.29, 1.82) is 0 Å². The van der Waals surface area contributed by atoms with Gasteiger partial charge in [0.25, 0.3) is 0 Å². The minimum Gasteiger partial charge on any atom is -0.494 e. The summed E-state index contributed by atoms with van der Waals surface area (Å²) in [5, 5.41) is 0.0594.